The molecule has 1 saturated heterocycles. The van der Waals surface area contributed by atoms with Crippen molar-refractivity contribution in [1.29, 1.82) is 0 Å². The predicted octanol–water partition coefficient (Wildman–Crippen LogP) is 3.22. The fourth-order valence-corrected chi connectivity index (χ4v) is 3.70. The summed E-state index contributed by atoms with van der Waals surface area (Å²) < 4.78 is 7.73. The molecule has 1 aromatic heterocycles. The number of hydrogen-bond acceptors (Lipinski definition) is 4. The molecule has 0 spiro atoms. The number of amides is 1. The third-order valence-corrected chi connectivity index (χ3v) is 5.31. The summed E-state index contributed by atoms with van der Waals surface area (Å²) in [6, 6.07) is 7.83. The predicted molar refractivity (Wildman–Crippen MR) is 105 cm³/mol. The molecular weight excluding hydrogens is 358 g/mol. The molecule has 2 heterocycles. The number of ether oxygens (including phenoxy) is 1. The first kappa shape index (κ1) is 19.9. The van der Waals surface area contributed by atoms with Crippen molar-refractivity contribution in [1.82, 2.24) is 14.7 Å². The van der Waals surface area contributed by atoms with Crippen LogP contribution in [0.3, 0.4) is 0 Å². The maximum atomic E-state index is 12.9. The molecule has 28 heavy (non-hydrogen) atoms. The highest BCUT2D eigenvalue weighted by Crippen LogP contribution is 2.26. The van der Waals surface area contributed by atoms with Crippen molar-refractivity contribution in [3.8, 4) is 5.75 Å². The highest BCUT2D eigenvalue weighted by atomic mass is 16.5. The number of carbonyl (C=O) groups is 2. The summed E-state index contributed by atoms with van der Waals surface area (Å²) in [5, 5.41) is 13.5. The zero-order valence-corrected chi connectivity index (χ0v) is 16.6. The number of carboxylic acid groups (broad SMARTS) is 1. The second-order valence-corrected chi connectivity index (χ2v) is 7.28. The number of likely N-dealkylation sites (tertiary alicyclic amines) is 1. The SMILES string of the molecule is CCC(Oc1cccc(C)c1)C(=O)N1CCC(n2ncc(C(=O)O)c2C)CC1. The molecule has 1 amide bonds. The van der Waals surface area contributed by atoms with E-state index in [1.54, 1.807) is 11.6 Å². The lowest BCUT2D eigenvalue weighted by molar-refractivity contribution is -0.140. The molecule has 7 nitrogen and oxygen atoms in total. The number of carboxylic acids is 1. The summed E-state index contributed by atoms with van der Waals surface area (Å²) in [5.74, 6) is -0.246. The van der Waals surface area contributed by atoms with E-state index in [2.05, 4.69) is 5.10 Å². The second-order valence-electron chi connectivity index (χ2n) is 7.28. The van der Waals surface area contributed by atoms with Crippen LogP contribution < -0.4 is 4.74 Å². The molecule has 1 fully saturated rings. The highest BCUT2D eigenvalue weighted by Gasteiger charge is 2.30. The number of aryl methyl sites for hydroxylation is 1. The molecule has 1 atom stereocenters. The number of hydrogen-bond donors (Lipinski definition) is 1. The standard InChI is InChI=1S/C21H27N3O4/c1-4-19(28-17-7-5-6-14(2)12-17)20(25)23-10-8-16(9-11-23)24-15(3)18(13-22-24)21(26)27/h5-7,12-13,16,19H,4,8-11H2,1-3H3,(H,26,27). The van der Waals surface area contributed by atoms with E-state index in [4.69, 9.17) is 4.74 Å². The number of aromatic nitrogens is 2. The molecule has 150 valence electrons. The van der Waals surface area contributed by atoms with Gasteiger partial charge in [0.05, 0.1) is 17.9 Å². The molecule has 1 aliphatic rings. The zero-order chi connectivity index (χ0) is 20.3. The molecule has 7 heteroatoms. The Hall–Kier alpha value is -2.83. The van der Waals surface area contributed by atoms with Gasteiger partial charge >= 0.3 is 5.97 Å². The molecule has 3 rings (SSSR count). The van der Waals surface area contributed by atoms with Crippen molar-refractivity contribution in [2.75, 3.05) is 13.1 Å². The minimum absolute atomic E-state index is 0.00543. The zero-order valence-electron chi connectivity index (χ0n) is 16.6. The largest absolute Gasteiger partial charge is 0.481 e. The normalized spacial score (nSPS) is 16.0. The van der Waals surface area contributed by atoms with Crippen molar-refractivity contribution in [3.63, 3.8) is 0 Å². The summed E-state index contributed by atoms with van der Waals surface area (Å²) in [6.07, 6.45) is 3.00. The van der Waals surface area contributed by atoms with Gasteiger partial charge in [-0.3, -0.25) is 9.48 Å². The maximum absolute atomic E-state index is 12.9. The van der Waals surface area contributed by atoms with Gasteiger partial charge in [-0.2, -0.15) is 5.10 Å². The Labute approximate surface area is 164 Å². The van der Waals surface area contributed by atoms with Crippen LogP contribution >= 0.6 is 0 Å². The van der Waals surface area contributed by atoms with E-state index in [0.29, 0.717) is 31.0 Å². The van der Waals surface area contributed by atoms with Gasteiger partial charge in [0.15, 0.2) is 6.10 Å². The van der Waals surface area contributed by atoms with Gasteiger partial charge in [0.2, 0.25) is 0 Å². The monoisotopic (exact) mass is 385 g/mol. The first-order chi connectivity index (χ1) is 13.4. The average Bonchev–Trinajstić information content (AvgIpc) is 3.07. The Morgan fingerprint density at radius 1 is 1.29 bits per heavy atom. The minimum Gasteiger partial charge on any atom is -0.481 e. The van der Waals surface area contributed by atoms with Crippen LogP contribution in [0, 0.1) is 13.8 Å². The topological polar surface area (TPSA) is 84.7 Å². The summed E-state index contributed by atoms with van der Waals surface area (Å²) in [4.78, 5) is 26.0. The third-order valence-electron chi connectivity index (χ3n) is 5.31. The van der Waals surface area contributed by atoms with Crippen LogP contribution in [0.2, 0.25) is 0 Å². The van der Waals surface area contributed by atoms with E-state index in [-0.39, 0.29) is 17.5 Å². The van der Waals surface area contributed by atoms with Gasteiger partial charge in [0.1, 0.15) is 11.3 Å². The molecule has 0 bridgehead atoms. The van der Waals surface area contributed by atoms with Gasteiger partial charge in [-0.1, -0.05) is 19.1 Å². The molecule has 1 unspecified atom stereocenters. The lowest BCUT2D eigenvalue weighted by Crippen LogP contribution is -2.46. The van der Waals surface area contributed by atoms with E-state index < -0.39 is 12.1 Å². The molecular formula is C21H27N3O4. The van der Waals surface area contributed by atoms with Crippen LogP contribution in [-0.4, -0.2) is 50.9 Å². The number of benzene rings is 1. The highest BCUT2D eigenvalue weighted by molar-refractivity contribution is 5.88. The lowest BCUT2D eigenvalue weighted by Gasteiger charge is -2.34. The first-order valence-corrected chi connectivity index (χ1v) is 9.70. The van der Waals surface area contributed by atoms with E-state index >= 15 is 0 Å². The molecule has 0 saturated carbocycles. The Morgan fingerprint density at radius 2 is 2.00 bits per heavy atom. The molecule has 1 N–H and O–H groups in total. The van der Waals surface area contributed by atoms with Gasteiger partial charge in [-0.25, -0.2) is 4.79 Å². The summed E-state index contributed by atoms with van der Waals surface area (Å²) in [6.45, 7) is 6.94. The van der Waals surface area contributed by atoms with Gasteiger partial charge in [-0.15, -0.1) is 0 Å². The lowest BCUT2D eigenvalue weighted by atomic mass is 10.0. The Kier molecular flexibility index (Phi) is 6.02. The van der Waals surface area contributed by atoms with Crippen molar-refractivity contribution >= 4 is 11.9 Å². The van der Waals surface area contributed by atoms with Crippen molar-refractivity contribution in [2.45, 2.75) is 52.2 Å². The Bertz CT molecular complexity index is 853. The second kappa shape index (κ2) is 8.46. The van der Waals surface area contributed by atoms with Crippen LogP contribution in [-0.2, 0) is 4.79 Å². The molecule has 0 radical (unpaired) electrons. The van der Waals surface area contributed by atoms with E-state index in [1.807, 2.05) is 43.0 Å². The van der Waals surface area contributed by atoms with E-state index in [0.717, 1.165) is 18.4 Å². The molecule has 2 aromatic rings. The van der Waals surface area contributed by atoms with Gasteiger partial charge in [-0.05, 0) is 50.8 Å². The van der Waals surface area contributed by atoms with Gasteiger partial charge in [0.25, 0.3) is 5.91 Å². The maximum Gasteiger partial charge on any atom is 0.339 e. The molecule has 0 aliphatic carbocycles. The number of carbonyl (C=O) groups excluding carboxylic acids is 1. The van der Waals surface area contributed by atoms with Crippen LogP contribution in [0.15, 0.2) is 30.5 Å². The Morgan fingerprint density at radius 3 is 2.57 bits per heavy atom. The molecule has 1 aromatic carbocycles. The van der Waals surface area contributed by atoms with Crippen LogP contribution in [0.1, 0.15) is 53.8 Å². The average molecular weight is 385 g/mol. The van der Waals surface area contributed by atoms with Crippen molar-refractivity contribution < 1.29 is 19.4 Å². The molecule has 1 aliphatic heterocycles. The quantitative estimate of drug-likeness (QED) is 0.825. The van der Waals surface area contributed by atoms with E-state index in [1.165, 1.54) is 6.20 Å². The van der Waals surface area contributed by atoms with Crippen LogP contribution in [0.25, 0.3) is 0 Å². The minimum atomic E-state index is -0.963. The first-order valence-electron chi connectivity index (χ1n) is 9.70. The fraction of sp³-hybridized carbons (Fsp3) is 0.476. The summed E-state index contributed by atoms with van der Waals surface area (Å²) >= 11 is 0. The Balaban J connectivity index is 1.61. The number of piperidine rings is 1. The number of rotatable bonds is 6. The summed E-state index contributed by atoms with van der Waals surface area (Å²) in [5.41, 5.74) is 1.98. The third kappa shape index (κ3) is 4.18. The van der Waals surface area contributed by atoms with Crippen LogP contribution in [0.5, 0.6) is 5.75 Å². The van der Waals surface area contributed by atoms with Crippen LogP contribution in [0.4, 0.5) is 0 Å². The smallest absolute Gasteiger partial charge is 0.339 e. The van der Waals surface area contributed by atoms with Crippen molar-refractivity contribution in [3.05, 3.63) is 47.3 Å². The van der Waals surface area contributed by atoms with Gasteiger partial charge in [0, 0.05) is 13.1 Å². The number of aromatic carboxylic acids is 1. The van der Waals surface area contributed by atoms with Crippen molar-refractivity contribution in [2.24, 2.45) is 0 Å². The fourth-order valence-electron chi connectivity index (χ4n) is 3.70. The van der Waals surface area contributed by atoms with Gasteiger partial charge < -0.3 is 14.7 Å². The van der Waals surface area contributed by atoms with E-state index in [9.17, 15) is 14.7 Å². The number of nitrogens with zero attached hydrogens (tertiary/aromatic N) is 3. The summed E-state index contributed by atoms with van der Waals surface area (Å²) in [7, 11) is 0.